The second-order valence-corrected chi connectivity index (χ2v) is 5.87. The third kappa shape index (κ3) is 3.46. The molecule has 1 fully saturated rings. The summed E-state index contributed by atoms with van der Waals surface area (Å²) in [6.07, 6.45) is 7.28. The molecule has 0 spiro atoms. The average molecular weight is 256 g/mol. The monoisotopic (exact) mass is 256 g/mol. The first-order chi connectivity index (χ1) is 8.63. The molecule has 0 heterocycles. The van der Waals surface area contributed by atoms with Crippen molar-refractivity contribution in [1.82, 2.24) is 5.43 Å². The van der Waals surface area contributed by atoms with Crippen LogP contribution in [0.25, 0.3) is 0 Å². The molecule has 1 unspecified atom stereocenters. The molecule has 0 aromatic heterocycles. The molecular weight excluding hydrogens is 224 g/mol. The summed E-state index contributed by atoms with van der Waals surface area (Å²) in [4.78, 5) is 0. The fourth-order valence-electron chi connectivity index (χ4n) is 3.61. The molecule has 0 saturated heterocycles. The summed E-state index contributed by atoms with van der Waals surface area (Å²) in [5.74, 6) is 7.42. The predicted octanol–water partition coefficient (Wildman–Crippen LogP) is 3.24. The summed E-state index contributed by atoms with van der Waals surface area (Å²) >= 11 is 0. The van der Waals surface area contributed by atoms with E-state index in [0.29, 0.717) is 12.0 Å². The Morgan fingerprint density at radius 1 is 1.17 bits per heavy atom. The van der Waals surface area contributed by atoms with Crippen LogP contribution in [0.3, 0.4) is 0 Å². The van der Waals surface area contributed by atoms with Crippen molar-refractivity contribution in [2.24, 2.45) is 17.7 Å². The van der Waals surface area contributed by atoms with Gasteiger partial charge in [-0.1, -0.05) is 33.6 Å². The Balaban J connectivity index is 2.78. The lowest BCUT2D eigenvalue weighted by atomic mass is 9.72. The maximum Gasteiger partial charge on any atom is 0.0845 e. The summed E-state index contributed by atoms with van der Waals surface area (Å²) in [6.45, 7) is 9.64. The Kier molecular flexibility index (Phi) is 6.61. The number of hydrogen-bond donors (Lipinski definition) is 2. The molecule has 3 heteroatoms. The lowest BCUT2D eigenvalue weighted by molar-refractivity contribution is -0.0899. The Labute approximate surface area is 113 Å². The van der Waals surface area contributed by atoms with Gasteiger partial charge in [0.25, 0.3) is 0 Å². The average Bonchev–Trinajstić information content (AvgIpc) is 2.40. The maximum absolute atomic E-state index is 6.12. The van der Waals surface area contributed by atoms with E-state index in [1.165, 1.54) is 25.7 Å². The highest BCUT2D eigenvalue weighted by molar-refractivity contribution is 4.95. The topological polar surface area (TPSA) is 47.3 Å². The van der Waals surface area contributed by atoms with E-state index in [1.807, 2.05) is 0 Å². The van der Waals surface area contributed by atoms with Crippen molar-refractivity contribution in [3.63, 3.8) is 0 Å². The van der Waals surface area contributed by atoms with Gasteiger partial charge in [-0.2, -0.15) is 0 Å². The summed E-state index contributed by atoms with van der Waals surface area (Å²) in [5, 5.41) is 0. The Morgan fingerprint density at radius 3 is 2.11 bits per heavy atom. The first-order valence-corrected chi connectivity index (χ1v) is 7.73. The predicted molar refractivity (Wildman–Crippen MR) is 77.2 cm³/mol. The standard InChI is InChI=1S/C15H32N2O/c1-5-15(6-2,18-7-3)14(17-16)13-10-8-12(4)9-11-13/h12-14,17H,5-11,16H2,1-4H3. The molecule has 1 saturated carbocycles. The van der Waals surface area contributed by atoms with E-state index in [9.17, 15) is 0 Å². The summed E-state index contributed by atoms with van der Waals surface area (Å²) in [7, 11) is 0. The van der Waals surface area contributed by atoms with Crippen LogP contribution in [-0.4, -0.2) is 18.2 Å². The zero-order chi connectivity index (χ0) is 13.6. The molecule has 1 aliphatic rings. The number of ether oxygens (including phenoxy) is 1. The van der Waals surface area contributed by atoms with Crippen LogP contribution in [0, 0.1) is 11.8 Å². The molecule has 108 valence electrons. The zero-order valence-electron chi connectivity index (χ0n) is 12.7. The third-order valence-electron chi connectivity index (χ3n) is 4.91. The van der Waals surface area contributed by atoms with Gasteiger partial charge in [0, 0.05) is 6.61 Å². The highest BCUT2D eigenvalue weighted by Crippen LogP contribution is 2.37. The third-order valence-corrected chi connectivity index (χ3v) is 4.91. The Hall–Kier alpha value is -0.120. The first-order valence-electron chi connectivity index (χ1n) is 7.73. The number of nitrogens with one attached hydrogen (secondary N) is 1. The zero-order valence-corrected chi connectivity index (χ0v) is 12.7. The maximum atomic E-state index is 6.12. The van der Waals surface area contributed by atoms with E-state index in [-0.39, 0.29) is 5.60 Å². The fourth-order valence-corrected chi connectivity index (χ4v) is 3.61. The van der Waals surface area contributed by atoms with Crippen molar-refractivity contribution in [3.8, 4) is 0 Å². The fraction of sp³-hybridized carbons (Fsp3) is 1.00. The Morgan fingerprint density at radius 2 is 1.72 bits per heavy atom. The number of rotatable bonds is 7. The van der Waals surface area contributed by atoms with Gasteiger partial charge in [-0.15, -0.1) is 0 Å². The van der Waals surface area contributed by atoms with Crippen molar-refractivity contribution in [2.75, 3.05) is 6.61 Å². The van der Waals surface area contributed by atoms with Crippen LogP contribution in [0.5, 0.6) is 0 Å². The number of nitrogens with two attached hydrogens (primary N) is 1. The van der Waals surface area contributed by atoms with Crippen molar-refractivity contribution < 1.29 is 4.74 Å². The summed E-state index contributed by atoms with van der Waals surface area (Å²) in [5.41, 5.74) is 3.00. The van der Waals surface area contributed by atoms with Crippen molar-refractivity contribution >= 4 is 0 Å². The van der Waals surface area contributed by atoms with Crippen LogP contribution in [-0.2, 0) is 4.74 Å². The molecule has 0 aliphatic heterocycles. The molecule has 1 atom stereocenters. The number of hydrogen-bond acceptors (Lipinski definition) is 3. The molecule has 0 aromatic rings. The molecule has 0 bridgehead atoms. The SMILES string of the molecule is CCOC(CC)(CC)C(NN)C1CCC(C)CC1. The molecule has 0 radical (unpaired) electrons. The van der Waals surface area contributed by atoms with Gasteiger partial charge in [-0.05, 0) is 44.4 Å². The van der Waals surface area contributed by atoms with Crippen molar-refractivity contribution in [3.05, 3.63) is 0 Å². The Bertz CT molecular complexity index is 221. The lowest BCUT2D eigenvalue weighted by Crippen LogP contribution is -2.58. The smallest absolute Gasteiger partial charge is 0.0845 e. The largest absolute Gasteiger partial charge is 0.374 e. The molecule has 1 aliphatic carbocycles. The van der Waals surface area contributed by atoms with Crippen molar-refractivity contribution in [1.29, 1.82) is 0 Å². The van der Waals surface area contributed by atoms with E-state index in [0.717, 1.165) is 25.4 Å². The molecular formula is C15H32N2O. The van der Waals surface area contributed by atoms with Gasteiger partial charge in [0.15, 0.2) is 0 Å². The van der Waals surface area contributed by atoms with E-state index >= 15 is 0 Å². The van der Waals surface area contributed by atoms with Gasteiger partial charge < -0.3 is 4.74 Å². The minimum absolute atomic E-state index is 0.0885. The van der Waals surface area contributed by atoms with E-state index in [4.69, 9.17) is 10.6 Å². The van der Waals surface area contributed by atoms with Gasteiger partial charge in [-0.3, -0.25) is 11.3 Å². The highest BCUT2D eigenvalue weighted by atomic mass is 16.5. The number of hydrazine groups is 1. The second kappa shape index (κ2) is 7.46. The molecule has 0 aromatic carbocycles. The van der Waals surface area contributed by atoms with Gasteiger partial charge in [0.2, 0.25) is 0 Å². The normalized spacial score (nSPS) is 27.2. The van der Waals surface area contributed by atoms with Gasteiger partial charge >= 0.3 is 0 Å². The highest BCUT2D eigenvalue weighted by Gasteiger charge is 2.41. The van der Waals surface area contributed by atoms with Crippen LogP contribution < -0.4 is 11.3 Å². The van der Waals surface area contributed by atoms with Crippen molar-refractivity contribution in [2.45, 2.75) is 77.9 Å². The van der Waals surface area contributed by atoms with Gasteiger partial charge in [-0.25, -0.2) is 0 Å². The van der Waals surface area contributed by atoms with Crippen LogP contribution in [0.4, 0.5) is 0 Å². The van der Waals surface area contributed by atoms with Crippen LogP contribution in [0.2, 0.25) is 0 Å². The minimum atomic E-state index is -0.0885. The van der Waals surface area contributed by atoms with E-state index < -0.39 is 0 Å². The quantitative estimate of drug-likeness (QED) is 0.543. The first kappa shape index (κ1) is 15.9. The second-order valence-electron chi connectivity index (χ2n) is 5.87. The summed E-state index contributed by atoms with van der Waals surface area (Å²) < 4.78 is 6.12. The van der Waals surface area contributed by atoms with Gasteiger partial charge in [0.05, 0.1) is 11.6 Å². The van der Waals surface area contributed by atoms with Gasteiger partial charge in [0.1, 0.15) is 0 Å². The van der Waals surface area contributed by atoms with Crippen LogP contribution in [0.1, 0.15) is 66.2 Å². The molecule has 0 amide bonds. The minimum Gasteiger partial charge on any atom is -0.374 e. The molecule has 1 rings (SSSR count). The van der Waals surface area contributed by atoms with Crippen LogP contribution in [0.15, 0.2) is 0 Å². The lowest BCUT2D eigenvalue weighted by Gasteiger charge is -2.44. The molecule has 18 heavy (non-hydrogen) atoms. The summed E-state index contributed by atoms with van der Waals surface area (Å²) in [6, 6.07) is 0.292. The van der Waals surface area contributed by atoms with E-state index in [2.05, 4.69) is 33.1 Å². The molecule has 3 nitrogen and oxygen atoms in total. The van der Waals surface area contributed by atoms with Crippen LogP contribution >= 0.6 is 0 Å². The molecule has 3 N–H and O–H groups in total. The van der Waals surface area contributed by atoms with E-state index in [1.54, 1.807) is 0 Å².